The molecule has 1 aliphatic heterocycles. The van der Waals surface area contributed by atoms with Gasteiger partial charge in [-0.05, 0) is 24.1 Å². The highest BCUT2D eigenvalue weighted by atomic mass is 14.9. The van der Waals surface area contributed by atoms with Gasteiger partial charge in [-0.15, -0.1) is 0 Å². The fourth-order valence-corrected chi connectivity index (χ4v) is 2.14. The smallest absolute Gasteiger partial charge is 0.0498 e. The van der Waals surface area contributed by atoms with Crippen molar-refractivity contribution in [3.05, 3.63) is 30.0 Å². The van der Waals surface area contributed by atoms with E-state index in [0.29, 0.717) is 0 Å². The number of hydrogen-bond donors (Lipinski definition) is 1. The standard InChI is InChI=1S/C11H12N2/c1-13-7-5-9-10(13)3-2-8-4-6-12-11(8)9/h2-3,5,7,12H,4,6H2,1H3. The summed E-state index contributed by atoms with van der Waals surface area (Å²) in [4.78, 5) is 0. The van der Waals surface area contributed by atoms with Crippen molar-refractivity contribution in [1.29, 1.82) is 0 Å². The Morgan fingerprint density at radius 3 is 3.15 bits per heavy atom. The maximum Gasteiger partial charge on any atom is 0.0498 e. The van der Waals surface area contributed by atoms with E-state index in [1.54, 1.807) is 0 Å². The summed E-state index contributed by atoms with van der Waals surface area (Å²) in [5.41, 5.74) is 4.12. The first-order valence-electron chi connectivity index (χ1n) is 4.67. The topological polar surface area (TPSA) is 17.0 Å². The largest absolute Gasteiger partial charge is 0.384 e. The minimum Gasteiger partial charge on any atom is -0.384 e. The van der Waals surface area contributed by atoms with Gasteiger partial charge in [0, 0.05) is 36.4 Å². The number of aryl methyl sites for hydroxylation is 1. The number of rotatable bonds is 0. The average Bonchev–Trinajstić information content (AvgIpc) is 2.70. The van der Waals surface area contributed by atoms with Crippen LogP contribution >= 0.6 is 0 Å². The van der Waals surface area contributed by atoms with Crippen molar-refractivity contribution < 1.29 is 0 Å². The Bertz CT molecular complexity index is 468. The van der Waals surface area contributed by atoms with E-state index in [4.69, 9.17) is 0 Å². The SMILES string of the molecule is Cn1ccc2c3c(ccc21)CCN3. The quantitative estimate of drug-likeness (QED) is 0.644. The molecule has 1 N–H and O–H groups in total. The second-order valence-electron chi connectivity index (χ2n) is 3.64. The Morgan fingerprint density at radius 2 is 2.23 bits per heavy atom. The molecule has 13 heavy (non-hydrogen) atoms. The number of fused-ring (bicyclic) bond motifs is 3. The van der Waals surface area contributed by atoms with Crippen molar-refractivity contribution in [2.75, 3.05) is 11.9 Å². The van der Waals surface area contributed by atoms with Gasteiger partial charge in [0.2, 0.25) is 0 Å². The van der Waals surface area contributed by atoms with Gasteiger partial charge in [-0.3, -0.25) is 0 Å². The Kier molecular flexibility index (Phi) is 1.23. The van der Waals surface area contributed by atoms with E-state index in [-0.39, 0.29) is 0 Å². The Morgan fingerprint density at radius 1 is 1.31 bits per heavy atom. The first-order valence-corrected chi connectivity index (χ1v) is 4.67. The summed E-state index contributed by atoms with van der Waals surface area (Å²) in [5.74, 6) is 0. The van der Waals surface area contributed by atoms with E-state index in [0.717, 1.165) is 6.54 Å². The molecule has 2 nitrogen and oxygen atoms in total. The predicted molar refractivity (Wildman–Crippen MR) is 55.1 cm³/mol. The highest BCUT2D eigenvalue weighted by Crippen LogP contribution is 2.31. The molecule has 3 rings (SSSR count). The molecular weight excluding hydrogens is 160 g/mol. The highest BCUT2D eigenvalue weighted by molar-refractivity contribution is 5.95. The second kappa shape index (κ2) is 2.28. The van der Waals surface area contributed by atoms with Crippen LogP contribution in [-0.2, 0) is 13.5 Å². The number of nitrogens with one attached hydrogen (secondary N) is 1. The molecule has 0 radical (unpaired) electrons. The first-order chi connectivity index (χ1) is 6.36. The molecule has 0 aliphatic carbocycles. The van der Waals surface area contributed by atoms with Crippen molar-refractivity contribution in [3.8, 4) is 0 Å². The Labute approximate surface area is 77.2 Å². The number of nitrogens with zero attached hydrogens (tertiary/aromatic N) is 1. The molecule has 0 atom stereocenters. The molecule has 2 aromatic rings. The van der Waals surface area contributed by atoms with Gasteiger partial charge in [-0.1, -0.05) is 6.07 Å². The van der Waals surface area contributed by atoms with Crippen LogP contribution in [0.15, 0.2) is 24.4 Å². The minimum absolute atomic E-state index is 1.09. The summed E-state index contributed by atoms with van der Waals surface area (Å²) >= 11 is 0. The maximum atomic E-state index is 3.44. The minimum atomic E-state index is 1.09. The van der Waals surface area contributed by atoms with Crippen LogP contribution in [0.5, 0.6) is 0 Å². The van der Waals surface area contributed by atoms with Gasteiger partial charge >= 0.3 is 0 Å². The summed E-state index contributed by atoms with van der Waals surface area (Å²) in [6.07, 6.45) is 3.28. The lowest BCUT2D eigenvalue weighted by molar-refractivity contribution is 0.969. The summed E-state index contributed by atoms with van der Waals surface area (Å²) in [6, 6.07) is 6.63. The lowest BCUT2D eigenvalue weighted by atomic mass is 10.1. The molecule has 0 saturated carbocycles. The van der Waals surface area contributed by atoms with E-state index in [1.165, 1.54) is 28.6 Å². The summed E-state index contributed by atoms with van der Waals surface area (Å²) in [7, 11) is 2.09. The molecule has 2 heteroatoms. The van der Waals surface area contributed by atoms with Crippen molar-refractivity contribution in [3.63, 3.8) is 0 Å². The lowest BCUT2D eigenvalue weighted by Crippen LogP contribution is -1.91. The van der Waals surface area contributed by atoms with Crippen LogP contribution in [0.2, 0.25) is 0 Å². The molecule has 1 aromatic heterocycles. The third-order valence-electron chi connectivity index (χ3n) is 2.85. The first kappa shape index (κ1) is 7.01. The zero-order valence-electron chi connectivity index (χ0n) is 7.67. The Balaban J connectivity index is 2.44. The van der Waals surface area contributed by atoms with Crippen LogP contribution in [-0.4, -0.2) is 11.1 Å². The van der Waals surface area contributed by atoms with Gasteiger partial charge in [-0.25, -0.2) is 0 Å². The van der Waals surface area contributed by atoms with Crippen LogP contribution in [0, 0.1) is 0 Å². The summed E-state index contributed by atoms with van der Waals surface area (Å²) in [6.45, 7) is 1.09. The molecule has 2 heterocycles. The molecular formula is C11H12N2. The van der Waals surface area contributed by atoms with Crippen LogP contribution in [0.25, 0.3) is 10.9 Å². The third kappa shape index (κ3) is 0.829. The molecule has 0 bridgehead atoms. The molecule has 0 amide bonds. The van der Waals surface area contributed by atoms with E-state index in [1.807, 2.05) is 0 Å². The van der Waals surface area contributed by atoms with Gasteiger partial charge in [0.15, 0.2) is 0 Å². The third-order valence-corrected chi connectivity index (χ3v) is 2.85. The number of hydrogen-bond acceptors (Lipinski definition) is 1. The Hall–Kier alpha value is -1.44. The van der Waals surface area contributed by atoms with Crippen molar-refractivity contribution >= 4 is 16.6 Å². The zero-order valence-corrected chi connectivity index (χ0v) is 7.67. The summed E-state index contributed by atoms with van der Waals surface area (Å²) in [5, 5.41) is 4.80. The average molecular weight is 172 g/mol. The number of anilines is 1. The second-order valence-corrected chi connectivity index (χ2v) is 3.64. The fraction of sp³-hybridized carbons (Fsp3) is 0.273. The lowest BCUT2D eigenvalue weighted by Gasteiger charge is -2.02. The van der Waals surface area contributed by atoms with Crippen LogP contribution < -0.4 is 5.32 Å². The molecule has 66 valence electrons. The number of aromatic nitrogens is 1. The van der Waals surface area contributed by atoms with Crippen LogP contribution in [0.4, 0.5) is 5.69 Å². The maximum absolute atomic E-state index is 3.44. The van der Waals surface area contributed by atoms with Crippen LogP contribution in [0.1, 0.15) is 5.56 Å². The van der Waals surface area contributed by atoms with E-state index in [9.17, 15) is 0 Å². The van der Waals surface area contributed by atoms with E-state index in [2.05, 4.69) is 41.3 Å². The van der Waals surface area contributed by atoms with Crippen molar-refractivity contribution in [2.24, 2.45) is 7.05 Å². The van der Waals surface area contributed by atoms with Gasteiger partial charge in [-0.2, -0.15) is 0 Å². The van der Waals surface area contributed by atoms with Crippen LogP contribution in [0.3, 0.4) is 0 Å². The normalized spacial score (nSPS) is 14.5. The van der Waals surface area contributed by atoms with E-state index >= 15 is 0 Å². The molecule has 1 aromatic carbocycles. The number of benzene rings is 1. The highest BCUT2D eigenvalue weighted by Gasteiger charge is 2.13. The van der Waals surface area contributed by atoms with Crippen molar-refractivity contribution in [2.45, 2.75) is 6.42 Å². The molecule has 0 spiro atoms. The van der Waals surface area contributed by atoms with Gasteiger partial charge in [0.1, 0.15) is 0 Å². The zero-order chi connectivity index (χ0) is 8.84. The monoisotopic (exact) mass is 172 g/mol. The summed E-state index contributed by atoms with van der Waals surface area (Å²) < 4.78 is 2.16. The van der Waals surface area contributed by atoms with Crippen molar-refractivity contribution in [1.82, 2.24) is 4.57 Å². The molecule has 0 unspecified atom stereocenters. The van der Waals surface area contributed by atoms with Gasteiger partial charge < -0.3 is 9.88 Å². The van der Waals surface area contributed by atoms with E-state index < -0.39 is 0 Å². The predicted octanol–water partition coefficient (Wildman–Crippen LogP) is 2.15. The molecule has 0 fully saturated rings. The van der Waals surface area contributed by atoms with Gasteiger partial charge in [0.05, 0.1) is 0 Å². The van der Waals surface area contributed by atoms with Gasteiger partial charge in [0.25, 0.3) is 0 Å². The fourth-order valence-electron chi connectivity index (χ4n) is 2.14. The molecule has 1 aliphatic rings. The molecule has 0 saturated heterocycles.